The molecular formula is C11H18F2N2O5. The van der Waals surface area contributed by atoms with Crippen LogP contribution in [0, 0.1) is 0 Å². The van der Waals surface area contributed by atoms with Gasteiger partial charge in [-0.15, -0.1) is 0 Å². The summed E-state index contributed by atoms with van der Waals surface area (Å²) in [5, 5.41) is 6.29. The van der Waals surface area contributed by atoms with Gasteiger partial charge < -0.3 is 14.4 Å². The first-order valence-electron chi connectivity index (χ1n) is 5.51. The molecule has 0 saturated heterocycles. The third-order valence-corrected chi connectivity index (χ3v) is 1.71. The van der Waals surface area contributed by atoms with Gasteiger partial charge in [-0.2, -0.15) is 0 Å². The summed E-state index contributed by atoms with van der Waals surface area (Å²) in [5.41, 5.74) is 0.195. The maximum Gasteiger partial charge on any atom is 0.355 e. The maximum atomic E-state index is 11.3. The molecule has 0 atom stereocenters. The van der Waals surface area contributed by atoms with E-state index in [4.69, 9.17) is 0 Å². The quantitative estimate of drug-likeness (QED) is 0.406. The monoisotopic (exact) mass is 296 g/mol. The van der Waals surface area contributed by atoms with Gasteiger partial charge in [0.05, 0.1) is 7.11 Å². The highest BCUT2D eigenvalue weighted by Gasteiger charge is 2.04. The van der Waals surface area contributed by atoms with Crippen LogP contribution in [-0.4, -0.2) is 44.0 Å². The molecule has 9 heteroatoms. The molecule has 0 aliphatic heterocycles. The van der Waals surface area contributed by atoms with Crippen molar-refractivity contribution in [3.63, 3.8) is 0 Å². The predicted octanol–water partition coefficient (Wildman–Crippen LogP) is 1.76. The lowest BCUT2D eigenvalue weighted by atomic mass is 10.2. The average molecular weight is 296 g/mol. The van der Waals surface area contributed by atoms with Gasteiger partial charge in [0.25, 0.3) is 13.7 Å². The van der Waals surface area contributed by atoms with Crippen LogP contribution in [0.5, 0.6) is 0 Å². The van der Waals surface area contributed by atoms with Crippen molar-refractivity contribution in [3.8, 4) is 0 Å². The maximum absolute atomic E-state index is 11.3. The van der Waals surface area contributed by atoms with Gasteiger partial charge in [-0.25, -0.2) is 13.6 Å². The SMILES string of the molecule is CCC(=O)/C(C)=N/OCF.COC(=O)/C(C)=N/OCF. The van der Waals surface area contributed by atoms with Gasteiger partial charge in [-0.3, -0.25) is 4.79 Å². The molecule has 0 rings (SSSR count). The summed E-state index contributed by atoms with van der Waals surface area (Å²) in [6, 6.07) is 0. The van der Waals surface area contributed by atoms with Crippen LogP contribution in [0.1, 0.15) is 27.2 Å². The number of ketones is 1. The van der Waals surface area contributed by atoms with Crippen molar-refractivity contribution in [1.82, 2.24) is 0 Å². The molecule has 0 bridgehead atoms. The second kappa shape index (κ2) is 13.4. The second-order valence-corrected chi connectivity index (χ2v) is 3.10. The lowest BCUT2D eigenvalue weighted by molar-refractivity contribution is -0.133. The van der Waals surface area contributed by atoms with Crippen LogP contribution in [0.4, 0.5) is 8.78 Å². The molecule has 116 valence electrons. The number of methoxy groups -OCH3 is 1. The molecule has 0 aromatic rings. The molecule has 0 unspecified atom stereocenters. The molecule has 0 fully saturated rings. The number of carbonyl (C=O) groups is 2. The number of nitrogens with zero attached hydrogens (tertiary/aromatic N) is 2. The fourth-order valence-corrected chi connectivity index (χ4v) is 0.734. The number of hydrogen-bond donors (Lipinski definition) is 0. The van der Waals surface area contributed by atoms with E-state index in [-0.39, 0.29) is 17.2 Å². The predicted molar refractivity (Wildman–Crippen MR) is 67.7 cm³/mol. The van der Waals surface area contributed by atoms with Gasteiger partial charge in [-0.05, 0) is 13.8 Å². The fourth-order valence-electron chi connectivity index (χ4n) is 0.734. The summed E-state index contributed by atoms with van der Waals surface area (Å²) in [6.45, 7) is 2.52. The molecule has 7 nitrogen and oxygen atoms in total. The minimum atomic E-state index is -1.05. The number of oxime groups is 2. The Labute approximate surface area is 115 Å². The zero-order chi connectivity index (χ0) is 16.0. The molecule has 0 aromatic heterocycles. The number of hydrogen-bond acceptors (Lipinski definition) is 7. The Balaban J connectivity index is 0. The number of halogens is 2. The first-order valence-corrected chi connectivity index (χ1v) is 5.51. The minimum Gasteiger partial charge on any atom is -0.464 e. The third kappa shape index (κ3) is 11.1. The lowest BCUT2D eigenvalue weighted by Crippen LogP contribution is -2.11. The number of Topliss-reactive ketones (excluding diaryl/α,β-unsaturated/α-hetero) is 1. The highest BCUT2D eigenvalue weighted by atomic mass is 19.1. The largest absolute Gasteiger partial charge is 0.464 e. The van der Waals surface area contributed by atoms with Gasteiger partial charge in [0.1, 0.15) is 5.71 Å². The summed E-state index contributed by atoms with van der Waals surface area (Å²) in [7, 11) is 1.21. The molecule has 0 aromatic carbocycles. The van der Waals surface area contributed by atoms with Crippen LogP contribution < -0.4 is 0 Å². The first kappa shape index (κ1) is 20.3. The average Bonchev–Trinajstić information content (AvgIpc) is 2.48. The van der Waals surface area contributed by atoms with E-state index in [2.05, 4.69) is 24.7 Å². The van der Waals surface area contributed by atoms with Crippen LogP contribution in [0.15, 0.2) is 10.3 Å². The van der Waals surface area contributed by atoms with Gasteiger partial charge in [0.2, 0.25) is 0 Å². The summed E-state index contributed by atoms with van der Waals surface area (Å²) >= 11 is 0. The van der Waals surface area contributed by atoms with Crippen LogP contribution in [0.3, 0.4) is 0 Å². The highest BCUT2D eigenvalue weighted by molar-refractivity contribution is 6.38. The van der Waals surface area contributed by atoms with Crippen molar-refractivity contribution < 1.29 is 32.8 Å². The molecule has 20 heavy (non-hydrogen) atoms. The van der Waals surface area contributed by atoms with Crippen LogP contribution >= 0.6 is 0 Å². The van der Waals surface area contributed by atoms with E-state index in [9.17, 15) is 18.4 Å². The standard InChI is InChI=1S/C6H10FNO2.C5H8FNO3/c1-3-6(9)5(2)8-10-4-7;1-4(5(8)9-2)7-10-3-6/h3-4H2,1-2H3;3H2,1-2H3/b8-5+;7-4+. The van der Waals surface area contributed by atoms with E-state index < -0.39 is 19.7 Å². The van der Waals surface area contributed by atoms with Crippen LogP contribution in [0.25, 0.3) is 0 Å². The van der Waals surface area contributed by atoms with Gasteiger partial charge in [-0.1, -0.05) is 17.2 Å². The summed E-state index contributed by atoms with van der Waals surface area (Å²) in [5.74, 6) is -0.762. The first-order chi connectivity index (χ1) is 9.44. The van der Waals surface area contributed by atoms with Gasteiger partial charge in [0, 0.05) is 6.42 Å². The molecule has 0 N–H and O–H groups in total. The Morgan fingerprint density at radius 1 is 1.00 bits per heavy atom. The Bertz CT molecular complexity index is 325. The summed E-state index contributed by atoms with van der Waals surface area (Å²) in [6.07, 6.45) is 0.366. The van der Waals surface area contributed by atoms with E-state index in [1.165, 1.54) is 21.0 Å². The van der Waals surface area contributed by atoms with Crippen molar-refractivity contribution in [1.29, 1.82) is 0 Å². The topological polar surface area (TPSA) is 86.6 Å². The summed E-state index contributed by atoms with van der Waals surface area (Å²) in [4.78, 5) is 29.1. The van der Waals surface area contributed by atoms with Crippen molar-refractivity contribution in [3.05, 3.63) is 0 Å². The van der Waals surface area contributed by atoms with Crippen molar-refractivity contribution in [2.24, 2.45) is 10.3 Å². The van der Waals surface area contributed by atoms with E-state index in [1.54, 1.807) is 6.92 Å². The van der Waals surface area contributed by atoms with E-state index in [0.29, 0.717) is 6.42 Å². The molecule has 0 saturated carbocycles. The number of ether oxygens (including phenoxy) is 1. The summed E-state index contributed by atoms with van der Waals surface area (Å²) < 4.78 is 26.8. The number of rotatable bonds is 7. The highest BCUT2D eigenvalue weighted by Crippen LogP contribution is 1.87. The van der Waals surface area contributed by atoms with Crippen molar-refractivity contribution in [2.45, 2.75) is 27.2 Å². The van der Waals surface area contributed by atoms with Crippen LogP contribution in [-0.2, 0) is 24.0 Å². The normalized spacial score (nSPS) is 11.1. The second-order valence-electron chi connectivity index (χ2n) is 3.10. The minimum absolute atomic E-state index is 0.0137. The number of esters is 1. The number of alkyl halides is 2. The Kier molecular flexibility index (Phi) is 13.5. The molecule has 0 heterocycles. The number of carbonyl (C=O) groups excluding carboxylic acids is 2. The Morgan fingerprint density at radius 3 is 1.80 bits per heavy atom. The van der Waals surface area contributed by atoms with Gasteiger partial charge in [0.15, 0.2) is 11.5 Å². The van der Waals surface area contributed by atoms with Crippen molar-refractivity contribution >= 4 is 23.2 Å². The fraction of sp³-hybridized carbons (Fsp3) is 0.636. The molecule has 0 radical (unpaired) electrons. The Hall–Kier alpha value is -2.06. The zero-order valence-electron chi connectivity index (χ0n) is 11.8. The zero-order valence-corrected chi connectivity index (χ0v) is 11.8. The van der Waals surface area contributed by atoms with Gasteiger partial charge >= 0.3 is 5.97 Å². The molecule has 0 aliphatic carbocycles. The Morgan fingerprint density at radius 2 is 1.45 bits per heavy atom. The molecule has 0 aliphatic rings. The third-order valence-electron chi connectivity index (χ3n) is 1.71. The lowest BCUT2D eigenvalue weighted by Gasteiger charge is -1.95. The molecule has 0 amide bonds. The van der Waals surface area contributed by atoms with E-state index in [1.807, 2.05) is 0 Å². The van der Waals surface area contributed by atoms with Crippen LogP contribution in [0.2, 0.25) is 0 Å². The van der Waals surface area contributed by atoms with E-state index >= 15 is 0 Å². The smallest absolute Gasteiger partial charge is 0.355 e. The molecule has 0 spiro atoms. The van der Waals surface area contributed by atoms with Crippen molar-refractivity contribution in [2.75, 3.05) is 20.8 Å². The molecular weight excluding hydrogens is 278 g/mol. The van der Waals surface area contributed by atoms with E-state index in [0.717, 1.165) is 0 Å².